The first-order valence-electron chi connectivity index (χ1n) is 5.96. The number of carbonyl (C=O) groups is 1. The summed E-state index contributed by atoms with van der Waals surface area (Å²) >= 11 is 0. The molecule has 92 valence electrons. The van der Waals surface area contributed by atoms with Crippen molar-refractivity contribution < 1.29 is 4.79 Å². The highest BCUT2D eigenvalue weighted by Crippen LogP contribution is 2.15. The van der Waals surface area contributed by atoms with E-state index in [0.29, 0.717) is 0 Å². The molecule has 1 amide bonds. The van der Waals surface area contributed by atoms with E-state index in [9.17, 15) is 4.79 Å². The van der Waals surface area contributed by atoms with Gasteiger partial charge in [-0.05, 0) is 25.3 Å². The second-order valence-electron chi connectivity index (χ2n) is 4.55. The summed E-state index contributed by atoms with van der Waals surface area (Å²) in [6.07, 6.45) is 5.73. The van der Waals surface area contributed by atoms with Crippen LogP contribution in [0.2, 0.25) is 0 Å². The van der Waals surface area contributed by atoms with Crippen molar-refractivity contribution in [3.05, 3.63) is 18.0 Å². The molecule has 17 heavy (non-hydrogen) atoms. The summed E-state index contributed by atoms with van der Waals surface area (Å²) in [7, 11) is 0. The average molecular weight is 234 g/mol. The van der Waals surface area contributed by atoms with E-state index in [2.05, 4.69) is 20.2 Å². The molecule has 1 aromatic rings. The molecular formula is C12H18N4O. The quantitative estimate of drug-likeness (QED) is 0.825. The highest BCUT2D eigenvalue weighted by Gasteiger charge is 2.21. The number of nitrogens with one attached hydrogen (secondary N) is 1. The molecule has 1 saturated heterocycles. The number of nitrogens with zero attached hydrogens (tertiary/aromatic N) is 3. The Bertz CT molecular complexity index is 390. The molecular weight excluding hydrogens is 216 g/mol. The number of aromatic nitrogens is 2. The molecule has 0 aromatic carbocycles. The SMILES string of the molecule is CC(=O)NC1CCCN(c2ncc(C)cn2)C1. The van der Waals surface area contributed by atoms with Crippen LogP contribution in [0.4, 0.5) is 5.95 Å². The maximum atomic E-state index is 11.0. The molecule has 1 aliphatic rings. The van der Waals surface area contributed by atoms with Gasteiger partial charge < -0.3 is 10.2 Å². The van der Waals surface area contributed by atoms with E-state index in [-0.39, 0.29) is 11.9 Å². The van der Waals surface area contributed by atoms with Crippen molar-refractivity contribution >= 4 is 11.9 Å². The number of aryl methyl sites for hydroxylation is 1. The van der Waals surface area contributed by atoms with Gasteiger partial charge in [-0.1, -0.05) is 0 Å². The fourth-order valence-corrected chi connectivity index (χ4v) is 2.11. The van der Waals surface area contributed by atoms with Crippen LogP contribution >= 0.6 is 0 Å². The normalized spacial score (nSPS) is 20.1. The van der Waals surface area contributed by atoms with Crippen LogP contribution in [0.15, 0.2) is 12.4 Å². The number of anilines is 1. The Morgan fingerprint density at radius 3 is 2.82 bits per heavy atom. The number of hydrogen-bond donors (Lipinski definition) is 1. The molecule has 0 saturated carbocycles. The van der Waals surface area contributed by atoms with Crippen LogP contribution in [-0.2, 0) is 4.79 Å². The van der Waals surface area contributed by atoms with Gasteiger partial charge in [0, 0.05) is 38.4 Å². The van der Waals surface area contributed by atoms with Gasteiger partial charge in [-0.3, -0.25) is 4.79 Å². The van der Waals surface area contributed by atoms with E-state index >= 15 is 0 Å². The monoisotopic (exact) mass is 234 g/mol. The summed E-state index contributed by atoms with van der Waals surface area (Å²) in [5, 5.41) is 2.96. The van der Waals surface area contributed by atoms with Crippen LogP contribution in [0, 0.1) is 6.92 Å². The fourth-order valence-electron chi connectivity index (χ4n) is 2.11. The van der Waals surface area contributed by atoms with Crippen LogP contribution in [0.5, 0.6) is 0 Å². The van der Waals surface area contributed by atoms with Gasteiger partial charge in [0.1, 0.15) is 0 Å². The lowest BCUT2D eigenvalue weighted by atomic mass is 10.1. The number of carbonyl (C=O) groups excluding carboxylic acids is 1. The van der Waals surface area contributed by atoms with Gasteiger partial charge in [0.25, 0.3) is 0 Å². The van der Waals surface area contributed by atoms with Gasteiger partial charge in [0.2, 0.25) is 11.9 Å². The van der Waals surface area contributed by atoms with Gasteiger partial charge in [-0.15, -0.1) is 0 Å². The van der Waals surface area contributed by atoms with Crippen LogP contribution < -0.4 is 10.2 Å². The number of hydrogen-bond acceptors (Lipinski definition) is 4. The summed E-state index contributed by atoms with van der Waals surface area (Å²) < 4.78 is 0. The third-order valence-corrected chi connectivity index (χ3v) is 2.88. The topological polar surface area (TPSA) is 58.1 Å². The van der Waals surface area contributed by atoms with Crippen LogP contribution in [0.25, 0.3) is 0 Å². The molecule has 5 nitrogen and oxygen atoms in total. The zero-order valence-electron chi connectivity index (χ0n) is 10.3. The molecule has 2 heterocycles. The predicted octanol–water partition coefficient (Wildman–Crippen LogP) is 0.890. The van der Waals surface area contributed by atoms with Crippen molar-refractivity contribution in [1.29, 1.82) is 0 Å². The third-order valence-electron chi connectivity index (χ3n) is 2.88. The second-order valence-corrected chi connectivity index (χ2v) is 4.55. The molecule has 1 N–H and O–H groups in total. The summed E-state index contributed by atoms with van der Waals surface area (Å²) in [6.45, 7) is 5.28. The molecule has 1 fully saturated rings. The Morgan fingerprint density at radius 1 is 1.47 bits per heavy atom. The fraction of sp³-hybridized carbons (Fsp3) is 0.583. The van der Waals surface area contributed by atoms with Gasteiger partial charge in [-0.2, -0.15) is 0 Å². The van der Waals surface area contributed by atoms with Gasteiger partial charge >= 0.3 is 0 Å². The van der Waals surface area contributed by atoms with Crippen molar-refractivity contribution in [2.75, 3.05) is 18.0 Å². The van der Waals surface area contributed by atoms with E-state index in [1.165, 1.54) is 0 Å². The summed E-state index contributed by atoms with van der Waals surface area (Å²) in [5.41, 5.74) is 1.06. The van der Waals surface area contributed by atoms with Crippen molar-refractivity contribution in [3.8, 4) is 0 Å². The maximum Gasteiger partial charge on any atom is 0.225 e. The van der Waals surface area contributed by atoms with Crippen LogP contribution in [-0.4, -0.2) is 35.0 Å². The first-order valence-corrected chi connectivity index (χ1v) is 5.96. The van der Waals surface area contributed by atoms with Crippen molar-refractivity contribution in [2.45, 2.75) is 32.7 Å². The third kappa shape index (κ3) is 3.15. The van der Waals surface area contributed by atoms with Gasteiger partial charge in [0.15, 0.2) is 0 Å². The Hall–Kier alpha value is -1.65. The standard InChI is InChI=1S/C12H18N4O/c1-9-6-13-12(14-7-9)16-5-3-4-11(8-16)15-10(2)17/h6-7,11H,3-5,8H2,1-2H3,(H,15,17). The molecule has 1 atom stereocenters. The van der Waals surface area contributed by atoms with E-state index in [0.717, 1.165) is 37.4 Å². The zero-order valence-corrected chi connectivity index (χ0v) is 10.3. The maximum absolute atomic E-state index is 11.0. The molecule has 0 aliphatic carbocycles. The highest BCUT2D eigenvalue weighted by atomic mass is 16.1. The minimum absolute atomic E-state index is 0.0293. The molecule has 2 rings (SSSR count). The highest BCUT2D eigenvalue weighted by molar-refractivity contribution is 5.73. The molecule has 0 spiro atoms. The summed E-state index contributed by atoms with van der Waals surface area (Å²) in [5.74, 6) is 0.785. The largest absolute Gasteiger partial charge is 0.352 e. The van der Waals surface area contributed by atoms with Crippen molar-refractivity contribution in [3.63, 3.8) is 0 Å². The van der Waals surface area contributed by atoms with E-state index in [1.54, 1.807) is 6.92 Å². The Balaban J connectivity index is 2.01. The molecule has 1 aliphatic heterocycles. The molecule has 1 unspecified atom stereocenters. The number of piperidine rings is 1. The first kappa shape index (κ1) is 11.8. The minimum Gasteiger partial charge on any atom is -0.352 e. The Labute approximate surface area is 101 Å². The van der Waals surface area contributed by atoms with Crippen LogP contribution in [0.1, 0.15) is 25.3 Å². The van der Waals surface area contributed by atoms with E-state index in [4.69, 9.17) is 0 Å². The number of rotatable bonds is 2. The lowest BCUT2D eigenvalue weighted by Crippen LogP contribution is -2.47. The zero-order chi connectivity index (χ0) is 12.3. The average Bonchev–Trinajstić information content (AvgIpc) is 2.29. The number of amides is 1. The van der Waals surface area contributed by atoms with Gasteiger partial charge in [-0.25, -0.2) is 9.97 Å². The summed E-state index contributed by atoms with van der Waals surface area (Å²) in [4.78, 5) is 21.8. The Kier molecular flexibility index (Phi) is 3.56. The first-order chi connectivity index (χ1) is 8.15. The van der Waals surface area contributed by atoms with Crippen LogP contribution in [0.3, 0.4) is 0 Å². The smallest absolute Gasteiger partial charge is 0.225 e. The molecule has 5 heteroatoms. The summed E-state index contributed by atoms with van der Waals surface area (Å²) in [6, 6.07) is 0.214. The molecule has 0 radical (unpaired) electrons. The Morgan fingerprint density at radius 2 is 2.18 bits per heavy atom. The van der Waals surface area contributed by atoms with Crippen molar-refractivity contribution in [2.24, 2.45) is 0 Å². The van der Waals surface area contributed by atoms with Crippen molar-refractivity contribution in [1.82, 2.24) is 15.3 Å². The lowest BCUT2D eigenvalue weighted by Gasteiger charge is -2.32. The second kappa shape index (κ2) is 5.12. The van der Waals surface area contributed by atoms with E-state index in [1.807, 2.05) is 19.3 Å². The minimum atomic E-state index is 0.0293. The predicted molar refractivity (Wildman–Crippen MR) is 65.8 cm³/mol. The van der Waals surface area contributed by atoms with Gasteiger partial charge in [0.05, 0.1) is 0 Å². The molecule has 1 aromatic heterocycles. The lowest BCUT2D eigenvalue weighted by molar-refractivity contribution is -0.119. The molecule has 0 bridgehead atoms. The van der Waals surface area contributed by atoms with E-state index < -0.39 is 0 Å².